The fraction of sp³-hybridized carbons (Fsp3) is 0.333. The average Bonchev–Trinajstić information content (AvgIpc) is 2.72. The van der Waals surface area contributed by atoms with E-state index in [4.69, 9.17) is 23.2 Å². The molecule has 1 N–H and O–H groups in total. The molecule has 0 radical (unpaired) electrons. The number of carbonyl (C=O) groups excluding carboxylic acids is 2. The molecule has 0 saturated carbocycles. The molecule has 0 unspecified atom stereocenters. The van der Waals surface area contributed by atoms with E-state index in [0.717, 1.165) is 9.87 Å². The summed E-state index contributed by atoms with van der Waals surface area (Å²) in [6, 6.07) is 11.8. The maximum Gasteiger partial charge on any atom is 0.243 e. The lowest BCUT2D eigenvalue weighted by Crippen LogP contribution is -2.50. The molecule has 0 aliphatic heterocycles. The Labute approximate surface area is 193 Å². The third-order valence-corrected chi connectivity index (χ3v) is 6.94. The number of amides is 2. The van der Waals surface area contributed by atoms with Crippen molar-refractivity contribution in [1.29, 1.82) is 0 Å². The predicted octanol–water partition coefficient (Wildman–Crippen LogP) is 3.17. The first-order valence-electron chi connectivity index (χ1n) is 9.59. The number of likely N-dealkylation sites (N-methyl/N-ethyl adjacent to an activating group) is 2. The number of hydrogen-bond donors (Lipinski definition) is 1. The van der Waals surface area contributed by atoms with Crippen LogP contribution in [0, 0.1) is 0 Å². The van der Waals surface area contributed by atoms with Gasteiger partial charge in [0.2, 0.25) is 21.8 Å². The van der Waals surface area contributed by atoms with Crippen LogP contribution in [0.5, 0.6) is 0 Å². The topological polar surface area (TPSA) is 86.8 Å². The summed E-state index contributed by atoms with van der Waals surface area (Å²) in [5.41, 5.74) is 0.722. The van der Waals surface area contributed by atoms with Gasteiger partial charge in [-0.2, -0.15) is 4.31 Å². The second-order valence-corrected chi connectivity index (χ2v) is 9.85. The molecule has 0 fully saturated rings. The highest BCUT2D eigenvalue weighted by Crippen LogP contribution is 2.19. The highest BCUT2D eigenvalue weighted by molar-refractivity contribution is 7.89. The molecule has 0 aliphatic carbocycles. The first-order valence-corrected chi connectivity index (χ1v) is 11.8. The van der Waals surface area contributed by atoms with Crippen LogP contribution in [0.15, 0.2) is 53.4 Å². The summed E-state index contributed by atoms with van der Waals surface area (Å²) in [5.74, 6) is -0.847. The van der Waals surface area contributed by atoms with Crippen LogP contribution in [-0.4, -0.2) is 55.6 Å². The largest absolute Gasteiger partial charge is 0.355 e. The molecule has 7 nitrogen and oxygen atoms in total. The van der Waals surface area contributed by atoms with E-state index in [9.17, 15) is 18.0 Å². The van der Waals surface area contributed by atoms with Crippen molar-refractivity contribution in [3.05, 3.63) is 64.1 Å². The van der Waals surface area contributed by atoms with Gasteiger partial charge in [0, 0.05) is 30.2 Å². The van der Waals surface area contributed by atoms with E-state index in [-0.39, 0.29) is 17.3 Å². The molecule has 168 valence electrons. The van der Waals surface area contributed by atoms with E-state index in [1.165, 1.54) is 36.2 Å². The summed E-state index contributed by atoms with van der Waals surface area (Å²) < 4.78 is 26.6. The molecule has 2 aromatic carbocycles. The Morgan fingerprint density at radius 1 is 1.06 bits per heavy atom. The van der Waals surface area contributed by atoms with Crippen LogP contribution >= 0.6 is 23.2 Å². The van der Waals surface area contributed by atoms with E-state index < -0.39 is 28.5 Å². The Morgan fingerprint density at radius 2 is 1.71 bits per heavy atom. The lowest BCUT2D eigenvalue weighted by Gasteiger charge is -2.30. The third-order valence-electron chi connectivity index (χ3n) is 4.64. The molecule has 0 aliphatic rings. The Kier molecular flexibility index (Phi) is 8.88. The van der Waals surface area contributed by atoms with Gasteiger partial charge in [0.15, 0.2) is 0 Å². The molecule has 2 amide bonds. The number of carbonyl (C=O) groups is 2. The van der Waals surface area contributed by atoms with E-state index >= 15 is 0 Å². The van der Waals surface area contributed by atoms with Crippen LogP contribution in [-0.2, 0) is 26.2 Å². The minimum atomic E-state index is -3.91. The van der Waals surface area contributed by atoms with Gasteiger partial charge in [-0.3, -0.25) is 9.59 Å². The average molecular weight is 486 g/mol. The quantitative estimate of drug-likeness (QED) is 0.590. The van der Waals surface area contributed by atoms with Crippen molar-refractivity contribution in [2.45, 2.75) is 31.3 Å². The summed E-state index contributed by atoms with van der Waals surface area (Å²) in [4.78, 5) is 26.9. The fourth-order valence-electron chi connectivity index (χ4n) is 2.89. The normalized spacial score (nSPS) is 12.5. The molecule has 2 aromatic rings. The number of nitrogens with one attached hydrogen (secondary N) is 1. The van der Waals surface area contributed by atoms with Crippen LogP contribution in [0.4, 0.5) is 0 Å². The van der Waals surface area contributed by atoms with Crippen LogP contribution < -0.4 is 5.32 Å². The lowest BCUT2D eigenvalue weighted by atomic mass is 10.1. The first kappa shape index (κ1) is 25.1. The third kappa shape index (κ3) is 6.67. The van der Waals surface area contributed by atoms with E-state index in [1.807, 2.05) is 0 Å². The summed E-state index contributed by atoms with van der Waals surface area (Å²) in [7, 11) is -2.60. The number of halogens is 2. The van der Waals surface area contributed by atoms with Crippen LogP contribution in [0.1, 0.15) is 19.4 Å². The molecular weight excluding hydrogens is 461 g/mol. The molecule has 0 aromatic heterocycles. The van der Waals surface area contributed by atoms with Gasteiger partial charge in [-0.1, -0.05) is 35.3 Å². The molecule has 2 rings (SSSR count). The van der Waals surface area contributed by atoms with E-state index in [0.29, 0.717) is 16.6 Å². The standard InChI is InChI=1S/C21H25Cl2N3O4S/c1-4-24-21(28)15(2)26(13-16-6-5-7-18(23)12-16)20(27)14-25(3)31(29,30)19-10-8-17(22)9-11-19/h5-12,15H,4,13-14H2,1-3H3,(H,24,28)/t15-/m1/s1. The van der Waals surface area contributed by atoms with E-state index in [2.05, 4.69) is 5.32 Å². The van der Waals surface area contributed by atoms with Crippen molar-refractivity contribution >= 4 is 45.0 Å². The Morgan fingerprint density at radius 3 is 2.29 bits per heavy atom. The van der Waals surface area contributed by atoms with Gasteiger partial charge >= 0.3 is 0 Å². The van der Waals surface area contributed by atoms with Gasteiger partial charge in [0.05, 0.1) is 11.4 Å². The van der Waals surface area contributed by atoms with Crippen molar-refractivity contribution in [3.8, 4) is 0 Å². The van der Waals surface area contributed by atoms with Crippen LogP contribution in [0.3, 0.4) is 0 Å². The second-order valence-electron chi connectivity index (χ2n) is 6.94. The molecule has 10 heteroatoms. The SMILES string of the molecule is CCNC(=O)[C@@H](C)N(Cc1cccc(Cl)c1)C(=O)CN(C)S(=O)(=O)c1ccc(Cl)cc1. The highest BCUT2D eigenvalue weighted by Gasteiger charge is 2.30. The minimum absolute atomic E-state index is 0.0189. The predicted molar refractivity (Wildman–Crippen MR) is 121 cm³/mol. The van der Waals surface area contributed by atoms with Gasteiger partial charge in [0.1, 0.15) is 6.04 Å². The maximum absolute atomic E-state index is 13.1. The monoisotopic (exact) mass is 485 g/mol. The fourth-order valence-corrected chi connectivity index (χ4v) is 4.35. The van der Waals surface area contributed by atoms with Crippen molar-refractivity contribution in [1.82, 2.24) is 14.5 Å². The van der Waals surface area contributed by atoms with Crippen molar-refractivity contribution in [2.24, 2.45) is 0 Å². The molecule has 31 heavy (non-hydrogen) atoms. The Bertz CT molecular complexity index is 1030. The van der Waals surface area contributed by atoms with Gasteiger partial charge in [-0.15, -0.1) is 0 Å². The smallest absolute Gasteiger partial charge is 0.243 e. The van der Waals surface area contributed by atoms with Crippen molar-refractivity contribution < 1.29 is 18.0 Å². The Hall–Kier alpha value is -2.13. The second kappa shape index (κ2) is 10.9. The number of hydrogen-bond acceptors (Lipinski definition) is 4. The van der Waals surface area contributed by atoms with Gasteiger partial charge in [-0.05, 0) is 55.8 Å². The molecule has 1 atom stereocenters. The van der Waals surface area contributed by atoms with E-state index in [1.54, 1.807) is 38.1 Å². The van der Waals surface area contributed by atoms with Crippen molar-refractivity contribution in [3.63, 3.8) is 0 Å². The van der Waals surface area contributed by atoms with Crippen LogP contribution in [0.2, 0.25) is 10.0 Å². The minimum Gasteiger partial charge on any atom is -0.355 e. The lowest BCUT2D eigenvalue weighted by molar-refractivity contribution is -0.140. The Balaban J connectivity index is 2.26. The zero-order valence-corrected chi connectivity index (χ0v) is 19.8. The van der Waals surface area contributed by atoms with Gasteiger partial charge in [-0.25, -0.2) is 8.42 Å². The molecule has 0 heterocycles. The molecule has 0 bridgehead atoms. The first-order chi connectivity index (χ1) is 14.6. The summed E-state index contributed by atoms with van der Waals surface area (Å²) in [5, 5.41) is 3.59. The molecule has 0 saturated heterocycles. The number of rotatable bonds is 9. The number of sulfonamides is 1. The number of nitrogens with zero attached hydrogens (tertiary/aromatic N) is 2. The highest BCUT2D eigenvalue weighted by atomic mass is 35.5. The van der Waals surface area contributed by atoms with Crippen molar-refractivity contribution in [2.75, 3.05) is 20.1 Å². The summed E-state index contributed by atoms with van der Waals surface area (Å²) >= 11 is 11.9. The van der Waals surface area contributed by atoms with Gasteiger partial charge in [0.25, 0.3) is 0 Å². The zero-order valence-electron chi connectivity index (χ0n) is 17.5. The summed E-state index contributed by atoms with van der Waals surface area (Å²) in [6.45, 7) is 3.45. The van der Waals surface area contributed by atoms with Crippen LogP contribution in [0.25, 0.3) is 0 Å². The van der Waals surface area contributed by atoms with Gasteiger partial charge < -0.3 is 10.2 Å². The summed E-state index contributed by atoms with van der Waals surface area (Å²) in [6.07, 6.45) is 0. The molecular formula is C21H25Cl2N3O4S. The zero-order chi connectivity index (χ0) is 23.2. The maximum atomic E-state index is 13.1. The number of benzene rings is 2. The molecule has 0 spiro atoms.